The molecular formula is C10H13FN. The summed E-state index contributed by atoms with van der Waals surface area (Å²) in [5, 5.41) is 0. The first-order chi connectivity index (χ1) is 5.59. The summed E-state index contributed by atoms with van der Waals surface area (Å²) in [6.45, 7) is 4.06. The van der Waals surface area contributed by atoms with Gasteiger partial charge in [0.25, 0.3) is 0 Å². The van der Waals surface area contributed by atoms with Gasteiger partial charge >= 0.3 is 0 Å². The van der Waals surface area contributed by atoms with Crippen LogP contribution in [0.15, 0.2) is 18.2 Å². The Bertz CT molecular complexity index is 269. The molecule has 0 aliphatic heterocycles. The van der Waals surface area contributed by atoms with Gasteiger partial charge in [0.1, 0.15) is 5.82 Å². The molecule has 12 heavy (non-hydrogen) atoms. The van der Waals surface area contributed by atoms with Crippen LogP contribution in [0.2, 0.25) is 0 Å². The highest BCUT2D eigenvalue weighted by molar-refractivity contribution is 5.47. The van der Waals surface area contributed by atoms with Crippen molar-refractivity contribution in [3.63, 3.8) is 0 Å². The molecule has 65 valence electrons. The van der Waals surface area contributed by atoms with Crippen molar-refractivity contribution < 1.29 is 4.39 Å². The van der Waals surface area contributed by atoms with Crippen molar-refractivity contribution in [3.05, 3.63) is 35.5 Å². The van der Waals surface area contributed by atoms with Crippen LogP contribution >= 0.6 is 0 Å². The van der Waals surface area contributed by atoms with Gasteiger partial charge in [0.2, 0.25) is 0 Å². The summed E-state index contributed by atoms with van der Waals surface area (Å²) in [7, 11) is 0. The topological polar surface area (TPSA) is 26.0 Å². The standard InChI is InChI=1S/C10H13FN/c1-7(2)5-8-3-4-9(11)6-10(8)12/h3-4,6H,5,12H2,1-2H3. The Morgan fingerprint density at radius 1 is 1.42 bits per heavy atom. The van der Waals surface area contributed by atoms with Gasteiger partial charge in [-0.3, -0.25) is 0 Å². The zero-order valence-electron chi connectivity index (χ0n) is 7.39. The van der Waals surface area contributed by atoms with E-state index < -0.39 is 0 Å². The first-order valence-electron chi connectivity index (χ1n) is 3.92. The Kier molecular flexibility index (Phi) is 2.69. The van der Waals surface area contributed by atoms with Crippen molar-refractivity contribution in [2.75, 3.05) is 5.73 Å². The first-order valence-corrected chi connectivity index (χ1v) is 3.92. The fourth-order valence-corrected chi connectivity index (χ4v) is 1.11. The van der Waals surface area contributed by atoms with E-state index >= 15 is 0 Å². The second-order valence-corrected chi connectivity index (χ2v) is 3.23. The molecule has 0 heterocycles. The molecule has 0 spiro atoms. The third-order valence-electron chi connectivity index (χ3n) is 1.65. The smallest absolute Gasteiger partial charge is 0.125 e. The molecule has 1 rings (SSSR count). The van der Waals surface area contributed by atoms with Crippen molar-refractivity contribution >= 4 is 5.69 Å². The average Bonchev–Trinajstić information content (AvgIpc) is 1.94. The number of hydrogen-bond acceptors (Lipinski definition) is 1. The molecule has 2 heteroatoms. The van der Waals surface area contributed by atoms with E-state index in [1.54, 1.807) is 6.07 Å². The SMILES string of the molecule is C[C](C)Cc1ccc(F)cc1N. The minimum Gasteiger partial charge on any atom is -0.398 e. The van der Waals surface area contributed by atoms with E-state index in [9.17, 15) is 4.39 Å². The fraction of sp³-hybridized carbons (Fsp3) is 0.300. The summed E-state index contributed by atoms with van der Waals surface area (Å²) in [5.74, 6) is 0.998. The second-order valence-electron chi connectivity index (χ2n) is 3.23. The summed E-state index contributed by atoms with van der Waals surface area (Å²) < 4.78 is 12.6. The van der Waals surface area contributed by atoms with Crippen molar-refractivity contribution in [3.8, 4) is 0 Å². The summed E-state index contributed by atoms with van der Waals surface area (Å²) in [4.78, 5) is 0. The maximum Gasteiger partial charge on any atom is 0.125 e. The lowest BCUT2D eigenvalue weighted by molar-refractivity contribution is 0.627. The maximum absolute atomic E-state index is 12.6. The van der Waals surface area contributed by atoms with Gasteiger partial charge in [-0.15, -0.1) is 0 Å². The van der Waals surface area contributed by atoms with E-state index in [2.05, 4.69) is 0 Å². The molecule has 1 radical (unpaired) electrons. The molecule has 0 unspecified atom stereocenters. The van der Waals surface area contributed by atoms with Crippen LogP contribution in [0.4, 0.5) is 10.1 Å². The molecule has 0 saturated carbocycles. The first kappa shape index (κ1) is 9.04. The number of benzene rings is 1. The van der Waals surface area contributed by atoms with Crippen LogP contribution < -0.4 is 5.73 Å². The molecule has 2 N–H and O–H groups in total. The van der Waals surface area contributed by atoms with Gasteiger partial charge in [-0.05, 0) is 30.0 Å². The minimum absolute atomic E-state index is 0.273. The predicted molar refractivity (Wildman–Crippen MR) is 49.1 cm³/mol. The van der Waals surface area contributed by atoms with Gasteiger partial charge in [0.05, 0.1) is 0 Å². The Balaban J connectivity index is 2.86. The normalized spacial score (nSPS) is 10.7. The summed E-state index contributed by atoms with van der Waals surface area (Å²) >= 11 is 0. The monoisotopic (exact) mass is 166 g/mol. The van der Waals surface area contributed by atoms with Gasteiger partial charge in [0, 0.05) is 5.69 Å². The molecule has 1 aromatic rings. The van der Waals surface area contributed by atoms with Crippen molar-refractivity contribution in [1.82, 2.24) is 0 Å². The van der Waals surface area contributed by atoms with E-state index in [0.29, 0.717) is 5.69 Å². The molecule has 0 bridgehead atoms. The molecule has 1 nitrogen and oxygen atoms in total. The Hall–Kier alpha value is -1.05. The van der Waals surface area contributed by atoms with E-state index in [4.69, 9.17) is 5.73 Å². The van der Waals surface area contributed by atoms with E-state index in [1.165, 1.54) is 18.1 Å². The number of anilines is 1. The number of halogens is 1. The van der Waals surface area contributed by atoms with Crippen molar-refractivity contribution in [2.24, 2.45) is 0 Å². The molecule has 0 fully saturated rings. The molecule has 0 atom stereocenters. The summed E-state index contributed by atoms with van der Waals surface area (Å²) in [6.07, 6.45) is 0.826. The lowest BCUT2D eigenvalue weighted by Gasteiger charge is -2.07. The number of nitrogens with two attached hydrogens (primary N) is 1. The zero-order chi connectivity index (χ0) is 9.14. The summed E-state index contributed by atoms with van der Waals surface area (Å²) in [6, 6.07) is 4.53. The highest BCUT2D eigenvalue weighted by Crippen LogP contribution is 2.17. The lowest BCUT2D eigenvalue weighted by atomic mass is 10.0. The predicted octanol–water partition coefficient (Wildman–Crippen LogP) is 2.56. The largest absolute Gasteiger partial charge is 0.398 e. The molecule has 1 aromatic carbocycles. The molecule has 0 aliphatic rings. The number of hydrogen-bond donors (Lipinski definition) is 1. The van der Waals surface area contributed by atoms with Gasteiger partial charge in [-0.2, -0.15) is 0 Å². The molecule has 0 aliphatic carbocycles. The lowest BCUT2D eigenvalue weighted by Crippen LogP contribution is -1.98. The van der Waals surface area contributed by atoms with E-state index in [1.807, 2.05) is 13.8 Å². The average molecular weight is 166 g/mol. The number of nitrogen functional groups attached to an aromatic ring is 1. The number of rotatable bonds is 2. The van der Waals surface area contributed by atoms with Crippen LogP contribution in [-0.2, 0) is 6.42 Å². The highest BCUT2D eigenvalue weighted by Gasteiger charge is 2.02. The fourth-order valence-electron chi connectivity index (χ4n) is 1.11. The third kappa shape index (κ3) is 2.22. The van der Waals surface area contributed by atoms with Crippen LogP contribution in [0.25, 0.3) is 0 Å². The maximum atomic E-state index is 12.6. The van der Waals surface area contributed by atoms with Crippen LogP contribution in [0.1, 0.15) is 19.4 Å². The van der Waals surface area contributed by atoms with E-state index in [-0.39, 0.29) is 5.82 Å². The van der Waals surface area contributed by atoms with Crippen LogP contribution in [0.5, 0.6) is 0 Å². The summed E-state index contributed by atoms with van der Waals surface area (Å²) in [5.41, 5.74) is 7.15. The minimum atomic E-state index is -0.273. The van der Waals surface area contributed by atoms with Gasteiger partial charge in [-0.25, -0.2) is 4.39 Å². The third-order valence-corrected chi connectivity index (χ3v) is 1.65. The Labute approximate surface area is 72.4 Å². The Morgan fingerprint density at radius 3 is 2.58 bits per heavy atom. The van der Waals surface area contributed by atoms with Gasteiger partial charge in [0.15, 0.2) is 0 Å². The quantitative estimate of drug-likeness (QED) is 0.671. The molecule has 0 saturated heterocycles. The molecule has 0 aromatic heterocycles. The van der Waals surface area contributed by atoms with Crippen molar-refractivity contribution in [1.29, 1.82) is 0 Å². The molecule has 0 amide bonds. The second kappa shape index (κ2) is 3.57. The van der Waals surface area contributed by atoms with Gasteiger partial charge in [-0.1, -0.05) is 19.9 Å². The van der Waals surface area contributed by atoms with Crippen LogP contribution in [0.3, 0.4) is 0 Å². The van der Waals surface area contributed by atoms with E-state index in [0.717, 1.165) is 12.0 Å². The van der Waals surface area contributed by atoms with Crippen LogP contribution in [-0.4, -0.2) is 0 Å². The van der Waals surface area contributed by atoms with Crippen LogP contribution in [0, 0.1) is 11.7 Å². The highest BCUT2D eigenvalue weighted by atomic mass is 19.1. The molecular weight excluding hydrogens is 153 g/mol. The van der Waals surface area contributed by atoms with Crippen molar-refractivity contribution in [2.45, 2.75) is 20.3 Å². The Morgan fingerprint density at radius 2 is 2.08 bits per heavy atom. The van der Waals surface area contributed by atoms with Gasteiger partial charge < -0.3 is 5.73 Å². The zero-order valence-corrected chi connectivity index (χ0v) is 7.39.